The van der Waals surface area contributed by atoms with Crippen molar-refractivity contribution in [1.29, 1.82) is 0 Å². The van der Waals surface area contributed by atoms with E-state index < -0.39 is 17.6 Å². The average Bonchev–Trinajstić information content (AvgIpc) is 2.26. The van der Waals surface area contributed by atoms with Crippen molar-refractivity contribution in [2.45, 2.75) is 31.9 Å². The molecule has 0 spiro atoms. The van der Waals surface area contributed by atoms with Crippen LogP contribution in [0.5, 0.6) is 5.75 Å². The molecule has 0 saturated heterocycles. The highest BCUT2D eigenvalue weighted by Crippen LogP contribution is 2.21. The van der Waals surface area contributed by atoms with Gasteiger partial charge >= 0.3 is 5.97 Å². The first-order valence-electron chi connectivity index (χ1n) is 5.59. The predicted octanol–water partition coefficient (Wildman–Crippen LogP) is 1.91. The minimum Gasteiger partial charge on any atom is -0.488 e. The third-order valence-corrected chi connectivity index (χ3v) is 2.48. The van der Waals surface area contributed by atoms with Crippen LogP contribution in [0.25, 0.3) is 0 Å². The van der Waals surface area contributed by atoms with E-state index in [9.17, 15) is 4.79 Å². The van der Waals surface area contributed by atoms with Gasteiger partial charge in [-0.1, -0.05) is 18.2 Å². The van der Waals surface area contributed by atoms with Crippen LogP contribution < -0.4 is 10.1 Å². The molecule has 94 valence electrons. The van der Waals surface area contributed by atoms with Gasteiger partial charge in [0.25, 0.3) is 0 Å². The highest BCUT2D eigenvalue weighted by molar-refractivity contribution is 5.73. The molecule has 4 heteroatoms. The molecule has 1 rings (SSSR count). The molecule has 1 aromatic carbocycles. The van der Waals surface area contributed by atoms with E-state index in [2.05, 4.69) is 5.32 Å². The standard InChI is InChI=1S/C13H19NO3/c1-13(2,9-11(14-3)12(15)16)17-10-7-5-4-6-8-10/h4-8,11,14H,9H2,1-3H3,(H,15,16). The fraction of sp³-hybridized carbons (Fsp3) is 0.462. The minimum atomic E-state index is -0.864. The van der Waals surface area contributed by atoms with Gasteiger partial charge in [0, 0.05) is 6.42 Å². The number of carboxylic acid groups (broad SMARTS) is 1. The van der Waals surface area contributed by atoms with E-state index in [-0.39, 0.29) is 0 Å². The molecule has 1 unspecified atom stereocenters. The van der Waals surface area contributed by atoms with Crippen LogP contribution in [0.4, 0.5) is 0 Å². The molecule has 0 aliphatic heterocycles. The smallest absolute Gasteiger partial charge is 0.320 e. The van der Waals surface area contributed by atoms with Gasteiger partial charge in [-0.2, -0.15) is 0 Å². The summed E-state index contributed by atoms with van der Waals surface area (Å²) in [4.78, 5) is 10.9. The van der Waals surface area contributed by atoms with E-state index in [1.165, 1.54) is 0 Å². The Morgan fingerprint density at radius 3 is 2.47 bits per heavy atom. The lowest BCUT2D eigenvalue weighted by Crippen LogP contribution is -2.42. The average molecular weight is 237 g/mol. The van der Waals surface area contributed by atoms with Crippen LogP contribution in [-0.2, 0) is 4.79 Å². The molecule has 1 aromatic rings. The molecule has 0 saturated carbocycles. The highest BCUT2D eigenvalue weighted by Gasteiger charge is 2.28. The summed E-state index contributed by atoms with van der Waals surface area (Å²) in [5.41, 5.74) is -0.534. The Kier molecular flexibility index (Phi) is 4.52. The number of rotatable bonds is 6. The minimum absolute atomic E-state index is 0.397. The van der Waals surface area contributed by atoms with E-state index in [0.717, 1.165) is 5.75 Å². The summed E-state index contributed by atoms with van der Waals surface area (Å²) in [6.45, 7) is 3.76. The molecule has 4 nitrogen and oxygen atoms in total. The van der Waals surface area contributed by atoms with Crippen molar-refractivity contribution in [2.24, 2.45) is 0 Å². The third-order valence-electron chi connectivity index (χ3n) is 2.48. The molecule has 0 radical (unpaired) electrons. The Bertz CT molecular complexity index is 362. The van der Waals surface area contributed by atoms with E-state index in [0.29, 0.717) is 6.42 Å². The second-order valence-corrected chi connectivity index (χ2v) is 4.56. The zero-order valence-electron chi connectivity index (χ0n) is 10.4. The molecule has 1 atom stereocenters. The summed E-state index contributed by atoms with van der Waals surface area (Å²) in [7, 11) is 1.64. The van der Waals surface area contributed by atoms with Crippen molar-refractivity contribution in [3.8, 4) is 5.75 Å². The monoisotopic (exact) mass is 237 g/mol. The molecule has 2 N–H and O–H groups in total. The summed E-state index contributed by atoms with van der Waals surface area (Å²) in [5, 5.41) is 11.7. The summed E-state index contributed by atoms with van der Waals surface area (Å²) in [5.74, 6) is -0.116. The van der Waals surface area contributed by atoms with Crippen LogP contribution in [0.1, 0.15) is 20.3 Å². The van der Waals surface area contributed by atoms with Crippen molar-refractivity contribution in [3.63, 3.8) is 0 Å². The molecule has 0 aliphatic carbocycles. The van der Waals surface area contributed by atoms with Gasteiger partial charge in [-0.15, -0.1) is 0 Å². The largest absolute Gasteiger partial charge is 0.488 e. The fourth-order valence-electron chi connectivity index (χ4n) is 1.65. The van der Waals surface area contributed by atoms with Gasteiger partial charge in [-0.25, -0.2) is 0 Å². The number of nitrogens with one attached hydrogen (secondary N) is 1. The first kappa shape index (κ1) is 13.5. The zero-order chi connectivity index (χ0) is 12.9. The van der Waals surface area contributed by atoms with Gasteiger partial charge < -0.3 is 15.2 Å². The number of ether oxygens (including phenoxy) is 1. The van der Waals surface area contributed by atoms with Crippen molar-refractivity contribution in [2.75, 3.05) is 7.05 Å². The molecule has 0 aliphatic rings. The van der Waals surface area contributed by atoms with E-state index in [1.54, 1.807) is 7.05 Å². The van der Waals surface area contributed by atoms with Gasteiger partial charge in [0.1, 0.15) is 17.4 Å². The maximum atomic E-state index is 10.9. The second kappa shape index (κ2) is 5.68. The highest BCUT2D eigenvalue weighted by atomic mass is 16.5. The molecule has 0 aromatic heterocycles. The Balaban J connectivity index is 2.65. The lowest BCUT2D eigenvalue weighted by molar-refractivity contribution is -0.140. The molecule has 0 amide bonds. The first-order chi connectivity index (χ1) is 7.94. The lowest BCUT2D eigenvalue weighted by Gasteiger charge is -2.29. The topological polar surface area (TPSA) is 58.6 Å². The Morgan fingerprint density at radius 1 is 1.41 bits per heavy atom. The molecule has 0 heterocycles. The Hall–Kier alpha value is -1.55. The number of benzene rings is 1. The number of carboxylic acids is 1. The zero-order valence-corrected chi connectivity index (χ0v) is 10.4. The number of hydrogen-bond donors (Lipinski definition) is 2. The number of hydrogen-bond acceptors (Lipinski definition) is 3. The lowest BCUT2D eigenvalue weighted by atomic mass is 9.98. The van der Waals surface area contributed by atoms with E-state index in [4.69, 9.17) is 9.84 Å². The first-order valence-corrected chi connectivity index (χ1v) is 5.59. The summed E-state index contributed by atoms with van der Waals surface area (Å²) < 4.78 is 5.78. The van der Waals surface area contributed by atoms with Crippen LogP contribution in [0.15, 0.2) is 30.3 Å². The van der Waals surface area contributed by atoms with Crippen LogP contribution in [0.2, 0.25) is 0 Å². The summed E-state index contributed by atoms with van der Waals surface area (Å²) >= 11 is 0. The molecule has 0 bridgehead atoms. The molecular formula is C13H19NO3. The van der Waals surface area contributed by atoms with Crippen LogP contribution in [0, 0.1) is 0 Å². The van der Waals surface area contributed by atoms with Gasteiger partial charge in [-0.05, 0) is 33.0 Å². The maximum Gasteiger partial charge on any atom is 0.320 e. The van der Waals surface area contributed by atoms with Crippen LogP contribution in [-0.4, -0.2) is 29.8 Å². The van der Waals surface area contributed by atoms with Crippen LogP contribution >= 0.6 is 0 Å². The van der Waals surface area contributed by atoms with Crippen molar-refractivity contribution in [1.82, 2.24) is 5.32 Å². The number of para-hydroxylation sites is 1. The number of carbonyl (C=O) groups is 1. The fourth-order valence-corrected chi connectivity index (χ4v) is 1.65. The summed E-state index contributed by atoms with van der Waals surface area (Å²) in [6.07, 6.45) is 0.397. The van der Waals surface area contributed by atoms with Gasteiger partial charge in [0.15, 0.2) is 0 Å². The van der Waals surface area contributed by atoms with Gasteiger partial charge in [0.05, 0.1) is 0 Å². The normalized spacial score (nSPS) is 13.1. The van der Waals surface area contributed by atoms with E-state index >= 15 is 0 Å². The third kappa shape index (κ3) is 4.44. The maximum absolute atomic E-state index is 10.9. The Labute approximate surface area is 102 Å². The number of aliphatic carboxylic acids is 1. The Morgan fingerprint density at radius 2 is 2.00 bits per heavy atom. The van der Waals surface area contributed by atoms with Crippen molar-refractivity contribution >= 4 is 5.97 Å². The van der Waals surface area contributed by atoms with E-state index in [1.807, 2.05) is 44.2 Å². The number of likely N-dealkylation sites (N-methyl/N-ethyl adjacent to an activating group) is 1. The summed E-state index contributed by atoms with van der Waals surface area (Å²) in [6, 6.07) is 8.80. The SMILES string of the molecule is CNC(CC(C)(C)Oc1ccccc1)C(=O)O. The second-order valence-electron chi connectivity index (χ2n) is 4.56. The predicted molar refractivity (Wildman–Crippen MR) is 66.2 cm³/mol. The quantitative estimate of drug-likeness (QED) is 0.793. The molecule has 0 fully saturated rings. The molecule has 17 heavy (non-hydrogen) atoms. The van der Waals surface area contributed by atoms with Crippen LogP contribution in [0.3, 0.4) is 0 Å². The van der Waals surface area contributed by atoms with Gasteiger partial charge in [-0.3, -0.25) is 4.79 Å². The van der Waals surface area contributed by atoms with Gasteiger partial charge in [0.2, 0.25) is 0 Å². The van der Waals surface area contributed by atoms with Crippen molar-refractivity contribution < 1.29 is 14.6 Å². The van der Waals surface area contributed by atoms with Crippen molar-refractivity contribution in [3.05, 3.63) is 30.3 Å². The molecular weight excluding hydrogens is 218 g/mol.